The lowest BCUT2D eigenvalue weighted by Crippen LogP contribution is -2.53. The Morgan fingerprint density at radius 3 is 2.79 bits per heavy atom. The highest BCUT2D eigenvalue weighted by Crippen LogP contribution is 2.01. The fourth-order valence-electron chi connectivity index (χ4n) is 1.90. The number of hydrogen-bond acceptors (Lipinski definition) is 3. The number of hydrogen-bond donors (Lipinski definition) is 3. The van der Waals surface area contributed by atoms with Crippen LogP contribution in [-0.4, -0.2) is 48.6 Å². The molecule has 1 aromatic rings. The second kappa shape index (κ2) is 5.77. The van der Waals surface area contributed by atoms with E-state index >= 15 is 0 Å². The number of aromatic nitrogens is 1. The number of H-pyrrole nitrogens is 1. The summed E-state index contributed by atoms with van der Waals surface area (Å²) < 4.78 is 0. The molecule has 0 aromatic carbocycles. The lowest BCUT2D eigenvalue weighted by Gasteiger charge is -2.26. The average molecular weight is 262 g/mol. The van der Waals surface area contributed by atoms with E-state index in [1.807, 2.05) is 25.9 Å². The zero-order chi connectivity index (χ0) is 13.8. The smallest absolute Gasteiger partial charge is 0.202 e. The van der Waals surface area contributed by atoms with Crippen LogP contribution in [0.4, 0.5) is 0 Å². The number of rotatable bonds is 3. The van der Waals surface area contributed by atoms with Crippen molar-refractivity contribution in [3.8, 4) is 0 Å². The van der Waals surface area contributed by atoms with Crippen LogP contribution in [0, 0.1) is 6.92 Å². The standard InChI is InChI=1S/C13H22N6/c1-9-5-6-11(15-9)7-8-14-12-16-10(2)17-13(18-12)19(3)4/h5-6,10,15H,7-8H2,1-4H3,(H2,14,16,17,18). The summed E-state index contributed by atoms with van der Waals surface area (Å²) in [5.41, 5.74) is 2.40. The number of nitrogens with one attached hydrogen (secondary N) is 3. The second-order valence-electron chi connectivity index (χ2n) is 4.94. The van der Waals surface area contributed by atoms with E-state index in [4.69, 9.17) is 0 Å². The lowest BCUT2D eigenvalue weighted by molar-refractivity contribution is 0.559. The highest BCUT2D eigenvalue weighted by atomic mass is 15.4. The van der Waals surface area contributed by atoms with Crippen molar-refractivity contribution in [3.63, 3.8) is 0 Å². The lowest BCUT2D eigenvalue weighted by atomic mass is 10.3. The van der Waals surface area contributed by atoms with Gasteiger partial charge < -0.3 is 15.2 Å². The number of aliphatic imine (C=N–C) groups is 2. The van der Waals surface area contributed by atoms with Crippen molar-refractivity contribution in [1.29, 1.82) is 0 Å². The molecule has 0 amide bonds. The molecule has 19 heavy (non-hydrogen) atoms. The van der Waals surface area contributed by atoms with Crippen LogP contribution >= 0.6 is 0 Å². The molecule has 1 unspecified atom stereocenters. The summed E-state index contributed by atoms with van der Waals surface area (Å²) in [4.78, 5) is 14.2. The molecular formula is C13H22N6. The summed E-state index contributed by atoms with van der Waals surface area (Å²) in [5.74, 6) is 1.62. The zero-order valence-corrected chi connectivity index (χ0v) is 12.0. The van der Waals surface area contributed by atoms with Gasteiger partial charge in [-0.05, 0) is 26.0 Å². The first kappa shape index (κ1) is 13.5. The molecule has 3 N–H and O–H groups in total. The van der Waals surface area contributed by atoms with E-state index in [1.54, 1.807) is 0 Å². The first-order chi connectivity index (χ1) is 9.04. The summed E-state index contributed by atoms with van der Waals surface area (Å²) in [6, 6.07) is 4.19. The minimum Gasteiger partial charge on any atom is -0.362 e. The highest BCUT2D eigenvalue weighted by molar-refractivity contribution is 6.00. The normalized spacial score (nSPS) is 20.7. The molecular weight excluding hydrogens is 240 g/mol. The summed E-state index contributed by atoms with van der Waals surface area (Å²) >= 11 is 0. The van der Waals surface area contributed by atoms with E-state index in [-0.39, 0.29) is 6.17 Å². The third-order valence-corrected chi connectivity index (χ3v) is 2.86. The van der Waals surface area contributed by atoms with Crippen molar-refractivity contribution in [1.82, 2.24) is 20.5 Å². The minimum absolute atomic E-state index is 0.0464. The summed E-state index contributed by atoms with van der Waals surface area (Å²) in [7, 11) is 3.92. The molecule has 0 saturated carbocycles. The van der Waals surface area contributed by atoms with Crippen molar-refractivity contribution in [2.24, 2.45) is 9.98 Å². The van der Waals surface area contributed by atoms with E-state index in [0.717, 1.165) is 24.9 Å². The molecule has 1 aromatic heterocycles. The van der Waals surface area contributed by atoms with Crippen molar-refractivity contribution >= 4 is 11.9 Å². The largest absolute Gasteiger partial charge is 0.362 e. The van der Waals surface area contributed by atoms with Gasteiger partial charge in [-0.1, -0.05) is 0 Å². The molecule has 1 aliphatic rings. The van der Waals surface area contributed by atoms with Crippen molar-refractivity contribution in [3.05, 3.63) is 23.5 Å². The van der Waals surface area contributed by atoms with Gasteiger partial charge in [0.1, 0.15) is 6.17 Å². The molecule has 2 heterocycles. The number of guanidine groups is 2. The topological polar surface area (TPSA) is 67.8 Å². The maximum Gasteiger partial charge on any atom is 0.202 e. The maximum absolute atomic E-state index is 4.54. The molecule has 6 nitrogen and oxygen atoms in total. The van der Waals surface area contributed by atoms with Gasteiger partial charge in [0.2, 0.25) is 5.96 Å². The van der Waals surface area contributed by atoms with Gasteiger partial charge in [0.05, 0.1) is 0 Å². The number of aryl methyl sites for hydroxylation is 1. The van der Waals surface area contributed by atoms with Gasteiger partial charge in [-0.15, -0.1) is 0 Å². The van der Waals surface area contributed by atoms with Crippen LogP contribution in [0.2, 0.25) is 0 Å². The van der Waals surface area contributed by atoms with Crippen LogP contribution in [-0.2, 0) is 6.42 Å². The Kier molecular flexibility index (Phi) is 4.09. The Bertz CT molecular complexity index is 485. The van der Waals surface area contributed by atoms with E-state index in [9.17, 15) is 0 Å². The molecule has 0 saturated heterocycles. The second-order valence-corrected chi connectivity index (χ2v) is 4.94. The van der Waals surface area contributed by atoms with Crippen LogP contribution in [0.5, 0.6) is 0 Å². The number of aromatic amines is 1. The molecule has 1 aliphatic heterocycles. The van der Waals surface area contributed by atoms with Gasteiger partial charge in [0, 0.05) is 38.4 Å². The third kappa shape index (κ3) is 3.74. The summed E-state index contributed by atoms with van der Waals surface area (Å²) in [5, 5.41) is 6.39. The van der Waals surface area contributed by atoms with Crippen molar-refractivity contribution in [2.45, 2.75) is 26.4 Å². The zero-order valence-electron chi connectivity index (χ0n) is 12.0. The quantitative estimate of drug-likeness (QED) is 0.750. The SMILES string of the molecule is Cc1ccc(CCN=C2NC(N(C)C)=NC(C)N2)[nH]1. The highest BCUT2D eigenvalue weighted by Gasteiger charge is 2.15. The maximum atomic E-state index is 4.54. The van der Waals surface area contributed by atoms with Gasteiger partial charge in [-0.3, -0.25) is 10.3 Å². The molecule has 2 rings (SSSR count). The predicted molar refractivity (Wildman–Crippen MR) is 78.4 cm³/mol. The first-order valence-electron chi connectivity index (χ1n) is 6.52. The number of nitrogens with zero attached hydrogens (tertiary/aromatic N) is 3. The van der Waals surface area contributed by atoms with Gasteiger partial charge in [0.25, 0.3) is 0 Å². The van der Waals surface area contributed by atoms with E-state index in [0.29, 0.717) is 0 Å². The van der Waals surface area contributed by atoms with Gasteiger partial charge >= 0.3 is 0 Å². The fraction of sp³-hybridized carbons (Fsp3) is 0.538. The van der Waals surface area contributed by atoms with Crippen molar-refractivity contribution in [2.75, 3.05) is 20.6 Å². The average Bonchev–Trinajstić information content (AvgIpc) is 2.74. The third-order valence-electron chi connectivity index (χ3n) is 2.86. The Labute approximate surface area is 114 Å². The molecule has 0 bridgehead atoms. The molecule has 0 radical (unpaired) electrons. The molecule has 0 fully saturated rings. The van der Waals surface area contributed by atoms with E-state index < -0.39 is 0 Å². The molecule has 1 atom stereocenters. The Balaban J connectivity index is 1.91. The molecule has 104 valence electrons. The van der Waals surface area contributed by atoms with Crippen molar-refractivity contribution < 1.29 is 0 Å². The monoisotopic (exact) mass is 262 g/mol. The Hall–Kier alpha value is -1.98. The first-order valence-corrected chi connectivity index (χ1v) is 6.52. The van der Waals surface area contributed by atoms with E-state index in [1.165, 1.54) is 11.4 Å². The van der Waals surface area contributed by atoms with Gasteiger partial charge in [-0.2, -0.15) is 0 Å². The van der Waals surface area contributed by atoms with Crippen LogP contribution in [0.15, 0.2) is 22.1 Å². The van der Waals surface area contributed by atoms with Gasteiger partial charge in [-0.25, -0.2) is 4.99 Å². The van der Waals surface area contributed by atoms with Crippen LogP contribution in [0.1, 0.15) is 18.3 Å². The molecule has 0 aliphatic carbocycles. The Morgan fingerprint density at radius 1 is 1.37 bits per heavy atom. The van der Waals surface area contributed by atoms with Crippen LogP contribution in [0.3, 0.4) is 0 Å². The Morgan fingerprint density at radius 2 is 2.16 bits per heavy atom. The molecule has 0 spiro atoms. The summed E-state index contributed by atoms with van der Waals surface area (Å²) in [6.07, 6.45) is 0.953. The fourth-order valence-corrected chi connectivity index (χ4v) is 1.90. The van der Waals surface area contributed by atoms with E-state index in [2.05, 4.69) is 44.7 Å². The minimum atomic E-state index is 0.0464. The van der Waals surface area contributed by atoms with Gasteiger partial charge in [0.15, 0.2) is 5.96 Å². The molecule has 6 heteroatoms. The summed E-state index contributed by atoms with van der Waals surface area (Å²) in [6.45, 7) is 4.80. The van der Waals surface area contributed by atoms with Crippen LogP contribution < -0.4 is 10.6 Å². The van der Waals surface area contributed by atoms with Crippen LogP contribution in [0.25, 0.3) is 0 Å². The predicted octanol–water partition coefficient (Wildman–Crippen LogP) is 0.678.